The molecular weight excluding hydrogens is 271 g/mol. The molecule has 8 heteroatoms. The van der Waals surface area contributed by atoms with Gasteiger partial charge in [-0.3, -0.25) is 14.9 Å². The van der Waals surface area contributed by atoms with Crippen molar-refractivity contribution < 1.29 is 24.0 Å². The van der Waals surface area contributed by atoms with Gasteiger partial charge in [0.2, 0.25) is 0 Å². The molecule has 0 aliphatic rings. The Hall–Kier alpha value is -2.06. The summed E-state index contributed by atoms with van der Waals surface area (Å²) < 4.78 is 17.7. The molecule has 1 amide bonds. The minimum Gasteiger partial charge on any atom is -0.389 e. The van der Waals surface area contributed by atoms with Crippen molar-refractivity contribution in [1.29, 1.82) is 0 Å². The Kier molecular flexibility index (Phi) is 5.53. The smallest absolute Gasteiger partial charge is 0.285 e. The number of benzene rings is 1. The second kappa shape index (κ2) is 6.92. The van der Waals surface area contributed by atoms with Crippen LogP contribution in [0.1, 0.15) is 10.4 Å². The molecule has 0 bridgehead atoms. The average molecular weight is 286 g/mol. The molecule has 0 aromatic heterocycles. The molecule has 1 unspecified atom stereocenters. The summed E-state index contributed by atoms with van der Waals surface area (Å²) in [6, 6.07) is 2.71. The SMILES string of the molecule is COCC(O)CN(C)C(=O)c1ccc(F)cc1[N+](=O)[O-]. The number of ether oxygens (including phenoxy) is 1. The Bertz CT molecular complexity index is 509. The number of aliphatic hydroxyl groups excluding tert-OH is 1. The summed E-state index contributed by atoms with van der Waals surface area (Å²) in [5.74, 6) is -1.47. The highest BCUT2D eigenvalue weighted by Crippen LogP contribution is 2.21. The predicted molar refractivity (Wildman–Crippen MR) is 67.9 cm³/mol. The number of nitrogens with zero attached hydrogens (tertiary/aromatic N) is 2. The van der Waals surface area contributed by atoms with E-state index in [1.54, 1.807) is 0 Å². The molecule has 0 aliphatic carbocycles. The lowest BCUT2D eigenvalue weighted by molar-refractivity contribution is -0.385. The van der Waals surface area contributed by atoms with Crippen LogP contribution in [0.4, 0.5) is 10.1 Å². The first-order valence-electron chi connectivity index (χ1n) is 5.73. The van der Waals surface area contributed by atoms with Gasteiger partial charge in [0.1, 0.15) is 11.4 Å². The first kappa shape index (κ1) is 16.0. The molecule has 0 spiro atoms. The fraction of sp³-hybridized carbons (Fsp3) is 0.417. The second-order valence-corrected chi connectivity index (χ2v) is 4.21. The number of likely N-dealkylation sites (N-methyl/N-ethyl adjacent to an activating group) is 1. The lowest BCUT2D eigenvalue weighted by atomic mass is 10.1. The van der Waals surface area contributed by atoms with Crippen LogP contribution in [-0.4, -0.2) is 54.3 Å². The Morgan fingerprint density at radius 2 is 2.25 bits per heavy atom. The van der Waals surface area contributed by atoms with Crippen LogP contribution < -0.4 is 0 Å². The summed E-state index contributed by atoms with van der Waals surface area (Å²) in [7, 11) is 2.78. The van der Waals surface area contributed by atoms with Crippen molar-refractivity contribution in [2.45, 2.75) is 6.10 Å². The van der Waals surface area contributed by atoms with Gasteiger partial charge in [0.05, 0.1) is 23.7 Å². The standard InChI is InChI=1S/C12H15FN2O5/c1-14(6-9(16)7-20-2)12(17)10-4-3-8(13)5-11(10)15(18)19/h3-5,9,16H,6-7H2,1-2H3. The Morgan fingerprint density at radius 1 is 1.60 bits per heavy atom. The van der Waals surface area contributed by atoms with E-state index in [4.69, 9.17) is 4.74 Å². The summed E-state index contributed by atoms with van der Waals surface area (Å²) in [5, 5.41) is 20.3. The zero-order valence-corrected chi connectivity index (χ0v) is 11.1. The molecule has 0 fully saturated rings. The van der Waals surface area contributed by atoms with E-state index in [1.807, 2.05) is 0 Å². The van der Waals surface area contributed by atoms with Crippen LogP contribution in [0, 0.1) is 15.9 Å². The Morgan fingerprint density at radius 3 is 2.80 bits per heavy atom. The van der Waals surface area contributed by atoms with Gasteiger partial charge < -0.3 is 14.7 Å². The summed E-state index contributed by atoms with van der Waals surface area (Å²) in [5.41, 5.74) is -0.841. The minimum atomic E-state index is -0.909. The fourth-order valence-electron chi connectivity index (χ4n) is 1.69. The van der Waals surface area contributed by atoms with Gasteiger partial charge in [-0.05, 0) is 12.1 Å². The van der Waals surface area contributed by atoms with E-state index >= 15 is 0 Å². The van der Waals surface area contributed by atoms with E-state index in [1.165, 1.54) is 14.2 Å². The molecule has 7 nitrogen and oxygen atoms in total. The van der Waals surface area contributed by atoms with Crippen LogP contribution in [0.5, 0.6) is 0 Å². The van der Waals surface area contributed by atoms with Gasteiger partial charge in [-0.15, -0.1) is 0 Å². The molecule has 0 saturated carbocycles. The van der Waals surface area contributed by atoms with Gasteiger partial charge in [-0.1, -0.05) is 0 Å². The number of carbonyl (C=O) groups excluding carboxylic acids is 1. The quantitative estimate of drug-likeness (QED) is 0.617. The van der Waals surface area contributed by atoms with E-state index in [0.717, 1.165) is 17.0 Å². The lowest BCUT2D eigenvalue weighted by Crippen LogP contribution is -2.36. The molecule has 20 heavy (non-hydrogen) atoms. The minimum absolute atomic E-state index is 0.0309. The molecule has 0 heterocycles. The molecule has 1 aromatic carbocycles. The molecular formula is C12H15FN2O5. The normalized spacial score (nSPS) is 12.0. The van der Waals surface area contributed by atoms with Crippen LogP contribution in [-0.2, 0) is 4.74 Å². The molecule has 1 atom stereocenters. The van der Waals surface area contributed by atoms with E-state index in [-0.39, 0.29) is 18.7 Å². The van der Waals surface area contributed by atoms with Crippen LogP contribution in [0.25, 0.3) is 0 Å². The van der Waals surface area contributed by atoms with Gasteiger partial charge in [0, 0.05) is 20.7 Å². The average Bonchev–Trinajstić information content (AvgIpc) is 2.37. The first-order valence-corrected chi connectivity index (χ1v) is 5.73. The molecule has 110 valence electrons. The number of halogens is 1. The maximum absolute atomic E-state index is 13.0. The molecule has 1 rings (SSSR count). The molecule has 0 aliphatic heterocycles. The predicted octanol–water partition coefficient (Wildman–Crippen LogP) is 0.813. The number of aliphatic hydroxyl groups is 1. The van der Waals surface area contributed by atoms with Crippen LogP contribution >= 0.6 is 0 Å². The molecule has 0 saturated heterocycles. The Labute approximate surface area is 114 Å². The number of methoxy groups -OCH3 is 1. The van der Waals surface area contributed by atoms with Crippen molar-refractivity contribution >= 4 is 11.6 Å². The molecule has 1 N–H and O–H groups in total. The van der Waals surface area contributed by atoms with Gasteiger partial charge in [0.25, 0.3) is 11.6 Å². The lowest BCUT2D eigenvalue weighted by Gasteiger charge is -2.20. The van der Waals surface area contributed by atoms with E-state index in [0.29, 0.717) is 6.07 Å². The van der Waals surface area contributed by atoms with Gasteiger partial charge >= 0.3 is 0 Å². The monoisotopic (exact) mass is 286 g/mol. The highest BCUT2D eigenvalue weighted by atomic mass is 19.1. The van der Waals surface area contributed by atoms with Crippen LogP contribution in [0.15, 0.2) is 18.2 Å². The largest absolute Gasteiger partial charge is 0.389 e. The summed E-state index contributed by atoms with van der Waals surface area (Å²) in [4.78, 5) is 23.2. The van der Waals surface area contributed by atoms with E-state index < -0.39 is 28.4 Å². The summed E-state index contributed by atoms with van der Waals surface area (Å²) in [6.45, 7) is -0.0235. The zero-order valence-electron chi connectivity index (χ0n) is 11.1. The van der Waals surface area contributed by atoms with Crippen molar-refractivity contribution in [2.75, 3.05) is 27.3 Å². The third kappa shape index (κ3) is 3.97. The number of carbonyl (C=O) groups is 1. The number of hydrogen-bond donors (Lipinski definition) is 1. The van der Waals surface area contributed by atoms with Crippen molar-refractivity contribution in [2.24, 2.45) is 0 Å². The van der Waals surface area contributed by atoms with Gasteiger partial charge in [-0.2, -0.15) is 0 Å². The fourth-order valence-corrected chi connectivity index (χ4v) is 1.69. The number of amides is 1. The highest BCUT2D eigenvalue weighted by molar-refractivity contribution is 5.98. The van der Waals surface area contributed by atoms with Crippen molar-refractivity contribution in [3.63, 3.8) is 0 Å². The van der Waals surface area contributed by atoms with Crippen molar-refractivity contribution in [3.8, 4) is 0 Å². The third-order valence-corrected chi connectivity index (χ3v) is 2.58. The summed E-state index contributed by atoms with van der Waals surface area (Å²) >= 11 is 0. The summed E-state index contributed by atoms with van der Waals surface area (Å²) in [6.07, 6.45) is -0.909. The van der Waals surface area contributed by atoms with Gasteiger partial charge in [-0.25, -0.2) is 4.39 Å². The molecule has 1 aromatic rings. The van der Waals surface area contributed by atoms with Gasteiger partial charge in [0.15, 0.2) is 0 Å². The zero-order chi connectivity index (χ0) is 15.3. The van der Waals surface area contributed by atoms with Crippen LogP contribution in [0.3, 0.4) is 0 Å². The van der Waals surface area contributed by atoms with Crippen molar-refractivity contribution in [3.05, 3.63) is 39.7 Å². The van der Waals surface area contributed by atoms with Crippen LogP contribution in [0.2, 0.25) is 0 Å². The first-order chi connectivity index (χ1) is 9.36. The number of nitro groups is 1. The number of hydrogen-bond acceptors (Lipinski definition) is 5. The topological polar surface area (TPSA) is 92.9 Å². The maximum Gasteiger partial charge on any atom is 0.285 e. The molecule has 0 radical (unpaired) electrons. The third-order valence-electron chi connectivity index (χ3n) is 2.58. The maximum atomic E-state index is 13.0. The van der Waals surface area contributed by atoms with Crippen molar-refractivity contribution in [1.82, 2.24) is 4.90 Å². The van der Waals surface area contributed by atoms with E-state index in [2.05, 4.69) is 0 Å². The Balaban J connectivity index is 2.94. The number of nitro benzene ring substituents is 1. The van der Waals surface area contributed by atoms with E-state index in [9.17, 15) is 24.4 Å². The number of rotatable bonds is 6. The highest BCUT2D eigenvalue weighted by Gasteiger charge is 2.24. The second-order valence-electron chi connectivity index (χ2n) is 4.21.